The van der Waals surface area contributed by atoms with Crippen LogP contribution < -0.4 is 10.1 Å². The van der Waals surface area contributed by atoms with Crippen molar-refractivity contribution in [2.24, 2.45) is 0 Å². The predicted octanol–water partition coefficient (Wildman–Crippen LogP) is 4.53. The number of thiol groups is 1. The lowest BCUT2D eigenvalue weighted by Crippen LogP contribution is -2.46. The number of aliphatic hydroxyl groups is 1. The first-order valence-corrected chi connectivity index (χ1v) is 13.2. The number of carboxylic acids is 1. The number of benzene rings is 2. The molecule has 6 nitrogen and oxygen atoms in total. The maximum Gasteiger partial charge on any atom is 0.324 e. The number of ether oxygens (including phenoxy) is 2. The summed E-state index contributed by atoms with van der Waals surface area (Å²) in [5.74, 6) is -0.575. The number of rotatable bonds is 11. The molecule has 3 N–H and O–H groups in total. The Morgan fingerprint density at radius 1 is 1.22 bits per heavy atom. The fourth-order valence-electron chi connectivity index (χ4n) is 5.28. The third-order valence-corrected chi connectivity index (χ3v) is 8.67. The van der Waals surface area contributed by atoms with Gasteiger partial charge in [-0.15, -0.1) is 0 Å². The number of aryl methyl sites for hydroxylation is 2. The van der Waals surface area contributed by atoms with Gasteiger partial charge in [-0.2, -0.15) is 12.6 Å². The molecule has 1 aliphatic heterocycles. The number of aliphatic hydroxyl groups excluding tert-OH is 1. The molecule has 0 saturated heterocycles. The number of carboxylic acid groups (broad SMARTS) is 1. The summed E-state index contributed by atoms with van der Waals surface area (Å²) < 4.78 is 11.1. The van der Waals surface area contributed by atoms with Gasteiger partial charge in [0.05, 0.1) is 24.2 Å². The van der Waals surface area contributed by atoms with Crippen LogP contribution in [0.2, 0.25) is 0 Å². The molecule has 0 bridgehead atoms. The molecule has 0 radical (unpaired) electrons. The van der Waals surface area contributed by atoms with Crippen LogP contribution in [0.4, 0.5) is 0 Å². The molecule has 5 atom stereocenters. The summed E-state index contributed by atoms with van der Waals surface area (Å²) in [7, 11) is 0. The van der Waals surface area contributed by atoms with Gasteiger partial charge >= 0.3 is 5.97 Å². The monoisotopic (exact) mass is 513 g/mol. The zero-order valence-electron chi connectivity index (χ0n) is 22.1. The molecule has 2 aromatic carbocycles. The van der Waals surface area contributed by atoms with E-state index in [0.29, 0.717) is 18.7 Å². The molecular weight excluding hydrogens is 474 g/mol. The Morgan fingerprint density at radius 2 is 1.94 bits per heavy atom. The average Bonchev–Trinajstić information content (AvgIpc) is 3.21. The van der Waals surface area contributed by atoms with E-state index in [0.717, 1.165) is 17.5 Å². The van der Waals surface area contributed by atoms with E-state index in [-0.39, 0.29) is 18.1 Å². The quantitative estimate of drug-likeness (QED) is 0.330. The van der Waals surface area contributed by atoms with E-state index in [2.05, 4.69) is 63.8 Å². The third-order valence-electron chi connectivity index (χ3n) is 7.95. The standard InChI is InChI=1S/C29H39NO5S/c1-7-28(6,21-9-8-10-22-23(21)24-25(35-22)29(24,36)26(32)33)34-16-20(31)15-30-27(4,5)14-19-12-11-17(2)18(3)13-19/h8-13,20,24-25,30-31,36H,7,14-16H2,1-6H3,(H,32,33). The van der Waals surface area contributed by atoms with Gasteiger partial charge in [-0.05, 0) is 75.8 Å². The van der Waals surface area contributed by atoms with Crippen LogP contribution in [0.1, 0.15) is 67.9 Å². The molecule has 1 aliphatic carbocycles. The summed E-state index contributed by atoms with van der Waals surface area (Å²) >= 11 is 4.45. The Kier molecular flexibility index (Phi) is 7.25. The smallest absolute Gasteiger partial charge is 0.324 e. The van der Waals surface area contributed by atoms with E-state index in [1.54, 1.807) is 0 Å². The molecular formula is C29H39NO5S. The van der Waals surface area contributed by atoms with E-state index in [1.165, 1.54) is 16.7 Å². The molecule has 5 unspecified atom stereocenters. The molecule has 1 fully saturated rings. The van der Waals surface area contributed by atoms with Crippen molar-refractivity contribution in [1.82, 2.24) is 5.32 Å². The van der Waals surface area contributed by atoms with Crippen molar-refractivity contribution in [2.45, 2.75) is 88.4 Å². The summed E-state index contributed by atoms with van der Waals surface area (Å²) in [5, 5.41) is 23.9. The van der Waals surface area contributed by atoms with Crippen LogP contribution in [0.3, 0.4) is 0 Å². The van der Waals surface area contributed by atoms with Crippen molar-refractivity contribution >= 4 is 18.6 Å². The Morgan fingerprint density at radius 3 is 2.58 bits per heavy atom. The highest BCUT2D eigenvalue weighted by Crippen LogP contribution is 2.66. The summed E-state index contributed by atoms with van der Waals surface area (Å²) in [4.78, 5) is 11.8. The Labute approximate surface area is 219 Å². The fraction of sp³-hybridized carbons (Fsp3) is 0.552. The second-order valence-corrected chi connectivity index (χ2v) is 12.0. The molecule has 2 aliphatic rings. The highest BCUT2D eigenvalue weighted by Gasteiger charge is 2.75. The van der Waals surface area contributed by atoms with Crippen LogP contribution in [-0.4, -0.2) is 51.8 Å². The average molecular weight is 514 g/mol. The van der Waals surface area contributed by atoms with Crippen molar-refractivity contribution in [3.8, 4) is 5.75 Å². The molecule has 2 aromatic rings. The van der Waals surface area contributed by atoms with Gasteiger partial charge in [-0.25, -0.2) is 0 Å². The van der Waals surface area contributed by atoms with Gasteiger partial charge in [0, 0.05) is 17.6 Å². The number of hydrogen-bond acceptors (Lipinski definition) is 6. The minimum Gasteiger partial charge on any atom is -0.487 e. The van der Waals surface area contributed by atoms with Crippen LogP contribution in [0, 0.1) is 13.8 Å². The number of carbonyl (C=O) groups is 1. The van der Waals surface area contributed by atoms with E-state index < -0.39 is 28.5 Å². The van der Waals surface area contributed by atoms with E-state index >= 15 is 0 Å². The fourth-order valence-corrected chi connectivity index (χ4v) is 5.67. The molecule has 36 heavy (non-hydrogen) atoms. The van der Waals surface area contributed by atoms with Crippen LogP contribution in [0.15, 0.2) is 36.4 Å². The normalized spacial score (nSPS) is 24.9. The van der Waals surface area contributed by atoms with Crippen LogP contribution in [0.25, 0.3) is 0 Å². The van der Waals surface area contributed by atoms with Crippen molar-refractivity contribution in [3.05, 3.63) is 64.2 Å². The first-order chi connectivity index (χ1) is 16.8. The molecule has 0 aromatic heterocycles. The predicted molar refractivity (Wildman–Crippen MR) is 144 cm³/mol. The van der Waals surface area contributed by atoms with Gasteiger partial charge in [0.15, 0.2) is 4.75 Å². The number of hydrogen-bond donors (Lipinski definition) is 4. The zero-order chi connectivity index (χ0) is 26.5. The first-order valence-electron chi connectivity index (χ1n) is 12.7. The highest BCUT2D eigenvalue weighted by molar-refractivity contribution is 7.83. The van der Waals surface area contributed by atoms with Crippen molar-refractivity contribution in [2.75, 3.05) is 13.2 Å². The topological polar surface area (TPSA) is 88.0 Å². The largest absolute Gasteiger partial charge is 0.487 e. The highest BCUT2D eigenvalue weighted by atomic mass is 32.1. The summed E-state index contributed by atoms with van der Waals surface area (Å²) in [6, 6.07) is 12.3. The van der Waals surface area contributed by atoms with E-state index in [9.17, 15) is 15.0 Å². The summed E-state index contributed by atoms with van der Waals surface area (Å²) in [5.41, 5.74) is 4.71. The lowest BCUT2D eigenvalue weighted by Gasteiger charge is -2.33. The molecule has 4 rings (SSSR count). The lowest BCUT2D eigenvalue weighted by atomic mass is 9.86. The van der Waals surface area contributed by atoms with Gasteiger partial charge in [0.25, 0.3) is 0 Å². The maximum absolute atomic E-state index is 11.8. The minimum absolute atomic E-state index is 0.153. The van der Waals surface area contributed by atoms with Crippen molar-refractivity contribution in [1.29, 1.82) is 0 Å². The van der Waals surface area contributed by atoms with Gasteiger partial charge in [0.1, 0.15) is 11.9 Å². The Bertz CT molecular complexity index is 1150. The molecule has 7 heteroatoms. The summed E-state index contributed by atoms with van der Waals surface area (Å²) in [6.45, 7) is 13.1. The lowest BCUT2D eigenvalue weighted by molar-refractivity contribution is -0.137. The van der Waals surface area contributed by atoms with Gasteiger partial charge in [-0.1, -0.05) is 37.3 Å². The molecule has 0 amide bonds. The Balaban J connectivity index is 1.39. The number of aliphatic carboxylic acids is 1. The van der Waals surface area contributed by atoms with Crippen LogP contribution >= 0.6 is 12.6 Å². The third kappa shape index (κ3) is 4.91. The second kappa shape index (κ2) is 9.67. The second-order valence-electron chi connectivity index (χ2n) is 11.3. The van der Waals surface area contributed by atoms with E-state index in [4.69, 9.17) is 9.47 Å². The number of nitrogens with one attached hydrogen (secondary N) is 1. The van der Waals surface area contributed by atoms with Gasteiger partial charge < -0.3 is 25.0 Å². The number of fused-ring (bicyclic) bond motifs is 3. The van der Waals surface area contributed by atoms with Gasteiger partial charge in [0.2, 0.25) is 0 Å². The van der Waals surface area contributed by atoms with Crippen molar-refractivity contribution in [3.63, 3.8) is 0 Å². The SMILES string of the molecule is CCC(C)(OCC(O)CNC(C)(C)Cc1ccc(C)c(C)c1)c1cccc2c1C1C(O2)C1(S)C(=O)O. The molecule has 0 spiro atoms. The molecule has 1 heterocycles. The summed E-state index contributed by atoms with van der Waals surface area (Å²) in [6.07, 6.45) is 0.345. The molecule has 1 saturated carbocycles. The van der Waals surface area contributed by atoms with E-state index in [1.807, 2.05) is 32.0 Å². The first kappa shape index (κ1) is 27.0. The maximum atomic E-state index is 11.8. The molecule has 196 valence electrons. The van der Waals surface area contributed by atoms with Crippen LogP contribution in [0.5, 0.6) is 5.75 Å². The van der Waals surface area contributed by atoms with Crippen molar-refractivity contribution < 1.29 is 24.5 Å². The Hall–Kier alpha value is -2.06. The van der Waals surface area contributed by atoms with Gasteiger partial charge in [-0.3, -0.25) is 4.79 Å². The minimum atomic E-state index is -1.21. The zero-order valence-corrected chi connectivity index (χ0v) is 23.0. The number of β-amino-alcohol motifs (C(OH)–C–C–N with tert-alkyl or cyclic N) is 1. The van der Waals surface area contributed by atoms with Crippen LogP contribution in [-0.2, 0) is 21.6 Å².